The van der Waals surface area contributed by atoms with Crippen molar-refractivity contribution < 1.29 is 0 Å². The molecule has 1 aromatic carbocycles. The van der Waals surface area contributed by atoms with Gasteiger partial charge in [0.2, 0.25) is 0 Å². The van der Waals surface area contributed by atoms with Crippen molar-refractivity contribution in [2.45, 2.75) is 65.5 Å². The quantitative estimate of drug-likeness (QED) is 0.528. The van der Waals surface area contributed by atoms with Gasteiger partial charge in [-0.1, -0.05) is 31.1 Å². The van der Waals surface area contributed by atoms with Crippen LogP contribution in [0, 0.1) is 13.8 Å². The molecule has 0 aliphatic heterocycles. The van der Waals surface area contributed by atoms with Gasteiger partial charge in [0.05, 0.1) is 0 Å². The van der Waals surface area contributed by atoms with Gasteiger partial charge < -0.3 is 6.15 Å². The lowest BCUT2D eigenvalue weighted by molar-refractivity contribution is 1.11. The summed E-state index contributed by atoms with van der Waals surface area (Å²) in [4.78, 5) is 1.53. The number of benzene rings is 1. The van der Waals surface area contributed by atoms with Crippen molar-refractivity contribution in [3.63, 3.8) is 0 Å². The lowest BCUT2D eigenvalue weighted by atomic mass is 10.1. The Bertz CT molecular complexity index is 621. The van der Waals surface area contributed by atoms with Gasteiger partial charge in [-0.3, -0.25) is 0 Å². The first-order valence-electron chi connectivity index (χ1n) is 8.43. The van der Waals surface area contributed by atoms with Crippen LogP contribution in [0.4, 0.5) is 0 Å². The van der Waals surface area contributed by atoms with Gasteiger partial charge in [-0.25, -0.2) is 10.0 Å². The van der Waals surface area contributed by atoms with E-state index < -0.39 is 10.0 Å². The Labute approximate surface area is 160 Å². The van der Waals surface area contributed by atoms with Crippen LogP contribution in [0.25, 0.3) is 0 Å². The fourth-order valence-electron chi connectivity index (χ4n) is 3.88. The van der Waals surface area contributed by atoms with Crippen LogP contribution in [0.2, 0.25) is 0 Å². The SMILES string of the molecule is CC.CC1=C(C)C(S(C)(C)c2c(C)cc(C)cc2Br)C(C)=C1C.N. The second-order valence-corrected chi connectivity index (χ2v) is 11.3. The summed E-state index contributed by atoms with van der Waals surface area (Å²) in [5.41, 5.74) is 8.88. The van der Waals surface area contributed by atoms with Crippen molar-refractivity contribution in [1.29, 1.82) is 0 Å². The molecule has 0 fully saturated rings. The lowest BCUT2D eigenvalue weighted by Gasteiger charge is -2.42. The molecule has 24 heavy (non-hydrogen) atoms. The molecule has 0 aromatic heterocycles. The van der Waals surface area contributed by atoms with E-state index in [2.05, 4.69) is 82.1 Å². The summed E-state index contributed by atoms with van der Waals surface area (Å²) in [6.45, 7) is 17.6. The first-order chi connectivity index (χ1) is 10.6. The maximum Gasteiger partial charge on any atom is 0.0349 e. The summed E-state index contributed by atoms with van der Waals surface area (Å²) in [6.07, 6.45) is 4.94. The van der Waals surface area contributed by atoms with Gasteiger partial charge in [0.1, 0.15) is 0 Å². The predicted molar refractivity (Wildman–Crippen MR) is 118 cm³/mol. The van der Waals surface area contributed by atoms with Crippen LogP contribution >= 0.6 is 26.0 Å². The first-order valence-corrected chi connectivity index (χ1v) is 11.7. The minimum Gasteiger partial charge on any atom is -0.344 e. The number of aryl methyl sites for hydroxylation is 2. The van der Waals surface area contributed by atoms with E-state index in [4.69, 9.17) is 0 Å². The summed E-state index contributed by atoms with van der Waals surface area (Å²) >= 11 is 3.84. The third-order valence-corrected chi connectivity index (χ3v) is 9.39. The van der Waals surface area contributed by atoms with Crippen molar-refractivity contribution in [3.05, 3.63) is 50.0 Å². The fraction of sp³-hybridized carbons (Fsp3) is 0.524. The first kappa shape index (κ1) is 23.5. The molecule has 0 spiro atoms. The van der Waals surface area contributed by atoms with Gasteiger partial charge in [-0.2, -0.15) is 0 Å². The lowest BCUT2D eigenvalue weighted by Crippen LogP contribution is -2.19. The van der Waals surface area contributed by atoms with Crippen LogP contribution in [0.15, 0.2) is 43.8 Å². The molecule has 3 N–H and O–H groups in total. The summed E-state index contributed by atoms with van der Waals surface area (Å²) in [5, 5.41) is 0.579. The minimum atomic E-state index is -0.944. The zero-order valence-corrected chi connectivity index (χ0v) is 19.6. The Morgan fingerprint density at radius 2 is 1.25 bits per heavy atom. The maximum atomic E-state index is 3.84. The van der Waals surface area contributed by atoms with E-state index in [1.165, 1.54) is 31.6 Å². The molecule has 1 aliphatic rings. The molecule has 2 rings (SSSR count). The highest BCUT2D eigenvalue weighted by molar-refractivity contribution is 9.10. The van der Waals surface area contributed by atoms with Crippen LogP contribution in [-0.4, -0.2) is 17.8 Å². The highest BCUT2D eigenvalue weighted by Gasteiger charge is 2.36. The summed E-state index contributed by atoms with van der Waals surface area (Å²) in [7, 11) is -0.944. The van der Waals surface area contributed by atoms with E-state index in [0.29, 0.717) is 5.25 Å². The number of rotatable bonds is 2. The molecule has 0 saturated heterocycles. The molecule has 1 aliphatic carbocycles. The molecule has 0 atom stereocenters. The number of hydrogen-bond donors (Lipinski definition) is 1. The van der Waals surface area contributed by atoms with Gasteiger partial charge in [0, 0.05) is 14.6 Å². The van der Waals surface area contributed by atoms with E-state index in [-0.39, 0.29) is 6.15 Å². The van der Waals surface area contributed by atoms with Gasteiger partial charge in [0.15, 0.2) is 0 Å². The van der Waals surface area contributed by atoms with Crippen LogP contribution in [0.5, 0.6) is 0 Å². The van der Waals surface area contributed by atoms with E-state index in [0.717, 1.165) is 0 Å². The molecule has 3 heteroatoms. The highest BCUT2D eigenvalue weighted by atomic mass is 79.9. The average molecular weight is 414 g/mol. The van der Waals surface area contributed by atoms with Crippen molar-refractivity contribution in [2.75, 3.05) is 12.5 Å². The van der Waals surface area contributed by atoms with E-state index in [1.54, 1.807) is 11.1 Å². The van der Waals surface area contributed by atoms with E-state index in [1.807, 2.05) is 13.8 Å². The number of allylic oxidation sites excluding steroid dienone is 2. The van der Waals surface area contributed by atoms with Crippen LogP contribution in [-0.2, 0) is 0 Å². The Morgan fingerprint density at radius 1 is 0.833 bits per heavy atom. The molecular formula is C21H36BrNS. The molecular weight excluding hydrogens is 378 g/mol. The molecule has 0 heterocycles. The molecule has 0 amide bonds. The third kappa shape index (κ3) is 4.00. The summed E-state index contributed by atoms with van der Waals surface area (Å²) in [5.74, 6) is 0. The highest BCUT2D eigenvalue weighted by Crippen LogP contribution is 2.63. The summed E-state index contributed by atoms with van der Waals surface area (Å²) in [6, 6.07) is 4.59. The van der Waals surface area contributed by atoms with Gasteiger partial charge in [-0.15, -0.1) is 0 Å². The zero-order chi connectivity index (χ0) is 18.1. The largest absolute Gasteiger partial charge is 0.344 e. The van der Waals surface area contributed by atoms with Crippen molar-refractivity contribution in [1.82, 2.24) is 6.15 Å². The standard InChI is InChI=1S/C19H27BrS.C2H6.H3N/c1-11-9-12(2)18(17(20)10-11)21(7,8)19-15(5)13(3)14(4)16(19)6;1-2;/h9-10,19H,1-8H3;1-2H3;1H3. The Kier molecular flexibility index (Phi) is 8.55. The molecule has 0 radical (unpaired) electrons. The molecule has 0 saturated carbocycles. The molecule has 0 unspecified atom stereocenters. The normalized spacial score (nSPS) is 16.0. The van der Waals surface area contributed by atoms with Gasteiger partial charge in [0.25, 0.3) is 0 Å². The van der Waals surface area contributed by atoms with Crippen molar-refractivity contribution in [3.8, 4) is 0 Å². The fourth-order valence-corrected chi connectivity index (χ4v) is 9.61. The van der Waals surface area contributed by atoms with Crippen LogP contribution in [0.3, 0.4) is 0 Å². The van der Waals surface area contributed by atoms with Crippen LogP contribution in [0.1, 0.15) is 52.7 Å². The topological polar surface area (TPSA) is 35.0 Å². The number of hydrogen-bond acceptors (Lipinski definition) is 1. The smallest absolute Gasteiger partial charge is 0.0349 e. The molecule has 0 bridgehead atoms. The summed E-state index contributed by atoms with van der Waals surface area (Å²) < 4.78 is 1.28. The molecule has 1 nitrogen and oxygen atoms in total. The Balaban J connectivity index is 0.00000170. The zero-order valence-electron chi connectivity index (χ0n) is 17.2. The minimum absolute atomic E-state index is 0. The van der Waals surface area contributed by atoms with Crippen LogP contribution < -0.4 is 6.15 Å². The predicted octanol–water partition coefficient (Wildman–Crippen LogP) is 7.73. The average Bonchev–Trinajstić information content (AvgIpc) is 2.64. The third-order valence-electron chi connectivity index (χ3n) is 5.02. The maximum absolute atomic E-state index is 3.84. The Hall–Kier alpha value is -0.510. The van der Waals surface area contributed by atoms with E-state index in [9.17, 15) is 0 Å². The van der Waals surface area contributed by atoms with Crippen molar-refractivity contribution in [2.24, 2.45) is 0 Å². The van der Waals surface area contributed by atoms with Crippen molar-refractivity contribution >= 4 is 26.0 Å². The second-order valence-electron chi connectivity index (χ2n) is 6.79. The Morgan fingerprint density at radius 3 is 1.62 bits per heavy atom. The van der Waals surface area contributed by atoms with Gasteiger partial charge >= 0.3 is 0 Å². The second kappa shape index (κ2) is 8.73. The monoisotopic (exact) mass is 413 g/mol. The molecule has 138 valence electrons. The molecule has 1 aromatic rings. The van der Waals surface area contributed by atoms with E-state index >= 15 is 0 Å². The van der Waals surface area contributed by atoms with Gasteiger partial charge in [-0.05, 0) is 98.3 Å². The number of halogens is 1.